The van der Waals surface area contributed by atoms with Crippen LogP contribution >= 0.6 is 0 Å². The maximum Gasteiger partial charge on any atom is 0.326 e. The molecule has 0 bridgehead atoms. The first-order valence-corrected chi connectivity index (χ1v) is 10.5. The largest absolute Gasteiger partial charge is 0.508 e. The number of primary amides is 1. The summed E-state index contributed by atoms with van der Waals surface area (Å²) in [6.07, 6.45) is 0.274. The third-order valence-electron chi connectivity index (χ3n) is 5.26. The van der Waals surface area contributed by atoms with E-state index in [9.17, 15) is 34.2 Å². The van der Waals surface area contributed by atoms with Crippen LogP contribution in [-0.4, -0.2) is 75.4 Å². The van der Waals surface area contributed by atoms with Gasteiger partial charge in [-0.3, -0.25) is 19.2 Å². The lowest BCUT2D eigenvalue weighted by Crippen LogP contribution is -2.57. The van der Waals surface area contributed by atoms with Gasteiger partial charge in [0.15, 0.2) is 0 Å². The average molecular weight is 463 g/mol. The molecule has 12 heteroatoms. The predicted octanol–water partition coefficient (Wildman–Crippen LogP) is -1.80. The maximum atomic E-state index is 13.3. The summed E-state index contributed by atoms with van der Waals surface area (Å²) < 4.78 is 0. The van der Waals surface area contributed by atoms with E-state index in [0.717, 1.165) is 0 Å². The molecule has 4 unspecified atom stereocenters. The zero-order chi connectivity index (χ0) is 24.7. The minimum atomic E-state index is -1.52. The molecule has 4 amide bonds. The number of rotatable bonds is 10. The van der Waals surface area contributed by atoms with E-state index in [1.807, 2.05) is 0 Å². The molecule has 0 aromatic heterocycles. The summed E-state index contributed by atoms with van der Waals surface area (Å²) in [7, 11) is 0. The van der Waals surface area contributed by atoms with Gasteiger partial charge in [0.25, 0.3) is 0 Å². The second-order valence-corrected chi connectivity index (χ2v) is 7.98. The fourth-order valence-electron chi connectivity index (χ4n) is 3.54. The number of nitrogens with zero attached hydrogens (tertiary/aromatic N) is 1. The van der Waals surface area contributed by atoms with E-state index in [2.05, 4.69) is 10.6 Å². The van der Waals surface area contributed by atoms with Crippen LogP contribution in [0.5, 0.6) is 5.75 Å². The zero-order valence-corrected chi connectivity index (χ0v) is 18.2. The standard InChI is InChI=1S/C21H29N5O7/c1-11(22)18(29)24-14(9-12-4-6-13(27)7-5-12)20(31)26-8-2-3-16(26)19(30)25-15(21(32)33)10-17(23)28/h4-7,11,14-16,27H,2-3,8-10,22H2,1H3,(H2,23,28)(H,24,29)(H,25,30)(H,32,33). The summed E-state index contributed by atoms with van der Waals surface area (Å²) in [6.45, 7) is 1.69. The third-order valence-corrected chi connectivity index (χ3v) is 5.26. The van der Waals surface area contributed by atoms with Crippen molar-refractivity contribution >= 4 is 29.6 Å². The molecule has 1 aromatic carbocycles. The molecule has 33 heavy (non-hydrogen) atoms. The van der Waals surface area contributed by atoms with Gasteiger partial charge in [0.1, 0.15) is 23.9 Å². The SMILES string of the molecule is CC(N)C(=O)NC(Cc1ccc(O)cc1)C(=O)N1CCCC1C(=O)NC(CC(N)=O)C(=O)O. The first-order valence-electron chi connectivity index (χ1n) is 10.5. The van der Waals surface area contributed by atoms with E-state index in [4.69, 9.17) is 11.5 Å². The number of carbonyl (C=O) groups is 5. The number of nitrogens with one attached hydrogen (secondary N) is 2. The quantitative estimate of drug-likeness (QED) is 0.233. The third kappa shape index (κ3) is 7.17. The Hall–Kier alpha value is -3.67. The molecule has 0 aliphatic carbocycles. The van der Waals surface area contributed by atoms with Gasteiger partial charge in [0.2, 0.25) is 23.6 Å². The topological polar surface area (TPSA) is 205 Å². The van der Waals surface area contributed by atoms with Crippen molar-refractivity contribution in [1.29, 1.82) is 0 Å². The van der Waals surface area contributed by atoms with Gasteiger partial charge in [-0.25, -0.2) is 4.79 Å². The highest BCUT2D eigenvalue weighted by molar-refractivity contribution is 5.95. The van der Waals surface area contributed by atoms with Gasteiger partial charge in [-0.1, -0.05) is 12.1 Å². The number of benzene rings is 1. The van der Waals surface area contributed by atoms with Gasteiger partial charge in [-0.15, -0.1) is 0 Å². The van der Waals surface area contributed by atoms with Gasteiger partial charge < -0.3 is 37.2 Å². The summed E-state index contributed by atoms with van der Waals surface area (Å²) in [5.41, 5.74) is 11.3. The molecule has 8 N–H and O–H groups in total. The van der Waals surface area contributed by atoms with Crippen LogP contribution < -0.4 is 22.1 Å². The van der Waals surface area contributed by atoms with Crippen molar-refractivity contribution in [1.82, 2.24) is 15.5 Å². The van der Waals surface area contributed by atoms with Crippen LogP contribution in [0.25, 0.3) is 0 Å². The number of carboxylic acids is 1. The Morgan fingerprint density at radius 2 is 1.76 bits per heavy atom. The van der Waals surface area contributed by atoms with Crippen LogP contribution in [0.3, 0.4) is 0 Å². The molecule has 12 nitrogen and oxygen atoms in total. The minimum absolute atomic E-state index is 0.0430. The van der Waals surface area contributed by atoms with Crippen LogP contribution in [0.2, 0.25) is 0 Å². The lowest BCUT2D eigenvalue weighted by Gasteiger charge is -2.29. The molecule has 1 heterocycles. The Bertz CT molecular complexity index is 903. The van der Waals surface area contributed by atoms with Gasteiger partial charge in [0.05, 0.1) is 12.5 Å². The molecule has 1 fully saturated rings. The number of nitrogens with two attached hydrogens (primary N) is 2. The maximum absolute atomic E-state index is 13.3. The smallest absolute Gasteiger partial charge is 0.326 e. The van der Waals surface area contributed by atoms with Crippen molar-refractivity contribution in [2.24, 2.45) is 11.5 Å². The Morgan fingerprint density at radius 1 is 1.12 bits per heavy atom. The van der Waals surface area contributed by atoms with Crippen molar-refractivity contribution in [3.05, 3.63) is 29.8 Å². The van der Waals surface area contributed by atoms with E-state index in [1.54, 1.807) is 12.1 Å². The molecule has 0 spiro atoms. The summed E-state index contributed by atoms with van der Waals surface area (Å²) in [5, 5.41) is 23.6. The number of amides is 4. The number of carboxylic acid groups (broad SMARTS) is 1. The number of hydrogen-bond acceptors (Lipinski definition) is 7. The monoisotopic (exact) mass is 463 g/mol. The van der Waals surface area contributed by atoms with Gasteiger partial charge in [0, 0.05) is 13.0 Å². The number of carbonyl (C=O) groups excluding carboxylic acids is 4. The normalized spacial score (nSPS) is 18.1. The second-order valence-electron chi connectivity index (χ2n) is 7.98. The van der Waals surface area contributed by atoms with Crippen molar-refractivity contribution in [2.45, 2.75) is 56.8 Å². The van der Waals surface area contributed by atoms with Gasteiger partial charge in [-0.05, 0) is 37.5 Å². The lowest BCUT2D eigenvalue weighted by atomic mass is 10.0. The summed E-state index contributed by atoms with van der Waals surface area (Å²) in [5.74, 6) is -4.09. The fraction of sp³-hybridized carbons (Fsp3) is 0.476. The number of hydrogen-bond donors (Lipinski definition) is 6. The predicted molar refractivity (Wildman–Crippen MR) is 116 cm³/mol. The van der Waals surface area contributed by atoms with Crippen molar-refractivity contribution in [3.63, 3.8) is 0 Å². The molecule has 1 aromatic rings. The first kappa shape index (κ1) is 25.6. The lowest BCUT2D eigenvalue weighted by molar-refractivity contribution is -0.145. The highest BCUT2D eigenvalue weighted by atomic mass is 16.4. The van der Waals surface area contributed by atoms with E-state index in [-0.39, 0.29) is 25.1 Å². The molecule has 1 saturated heterocycles. The number of aliphatic carboxylic acids is 1. The molecular formula is C21H29N5O7. The molecule has 0 radical (unpaired) electrons. The molecular weight excluding hydrogens is 434 g/mol. The van der Waals surface area contributed by atoms with Crippen molar-refractivity contribution in [2.75, 3.05) is 6.54 Å². The molecule has 1 aliphatic rings. The zero-order valence-electron chi connectivity index (χ0n) is 18.2. The number of aromatic hydroxyl groups is 1. The van der Waals surface area contributed by atoms with Gasteiger partial charge in [-0.2, -0.15) is 0 Å². The van der Waals surface area contributed by atoms with E-state index in [0.29, 0.717) is 12.0 Å². The van der Waals surface area contributed by atoms with Crippen LogP contribution in [0.1, 0.15) is 31.7 Å². The number of likely N-dealkylation sites (tertiary alicyclic amines) is 1. The van der Waals surface area contributed by atoms with Crippen LogP contribution in [0.15, 0.2) is 24.3 Å². The highest BCUT2D eigenvalue weighted by Gasteiger charge is 2.39. The second kappa shape index (κ2) is 11.3. The van der Waals surface area contributed by atoms with Crippen LogP contribution in [0, 0.1) is 0 Å². The van der Waals surface area contributed by atoms with Crippen LogP contribution in [0.4, 0.5) is 0 Å². The molecule has 4 atom stereocenters. The van der Waals surface area contributed by atoms with E-state index < -0.39 is 60.2 Å². The van der Waals surface area contributed by atoms with Crippen LogP contribution in [-0.2, 0) is 30.4 Å². The first-order chi connectivity index (χ1) is 15.5. The Labute approximate surface area is 190 Å². The molecule has 1 aliphatic heterocycles. The Balaban J connectivity index is 2.20. The van der Waals surface area contributed by atoms with Crippen molar-refractivity contribution in [3.8, 4) is 5.75 Å². The summed E-state index contributed by atoms with van der Waals surface area (Å²) in [6, 6.07) is 1.69. The number of phenols is 1. The van der Waals surface area contributed by atoms with E-state index in [1.165, 1.54) is 24.0 Å². The average Bonchev–Trinajstić information content (AvgIpc) is 3.23. The number of phenolic OH excluding ortho intramolecular Hbond substituents is 1. The fourth-order valence-corrected chi connectivity index (χ4v) is 3.54. The Morgan fingerprint density at radius 3 is 2.30 bits per heavy atom. The highest BCUT2D eigenvalue weighted by Crippen LogP contribution is 2.21. The van der Waals surface area contributed by atoms with Gasteiger partial charge >= 0.3 is 5.97 Å². The minimum Gasteiger partial charge on any atom is -0.508 e. The van der Waals surface area contributed by atoms with E-state index >= 15 is 0 Å². The Kier molecular flexibility index (Phi) is 8.74. The van der Waals surface area contributed by atoms with Crippen molar-refractivity contribution < 1.29 is 34.2 Å². The molecule has 180 valence electrons. The summed E-state index contributed by atoms with van der Waals surface area (Å²) in [4.78, 5) is 62.0. The molecule has 0 saturated carbocycles. The summed E-state index contributed by atoms with van der Waals surface area (Å²) >= 11 is 0. The molecule has 2 rings (SSSR count).